The summed E-state index contributed by atoms with van der Waals surface area (Å²) in [4.78, 5) is 14.0. The Kier molecular flexibility index (Phi) is 5.30. The summed E-state index contributed by atoms with van der Waals surface area (Å²) in [5.41, 5.74) is 0.992. The minimum atomic E-state index is -1.31. The number of anilines is 1. The zero-order valence-corrected chi connectivity index (χ0v) is 14.5. The van der Waals surface area contributed by atoms with E-state index in [0.717, 1.165) is 0 Å². The third-order valence-electron chi connectivity index (χ3n) is 3.97. The number of halogens is 1. The van der Waals surface area contributed by atoms with Crippen LogP contribution < -0.4 is 4.90 Å². The molecule has 1 atom stereocenters. The second-order valence-corrected chi connectivity index (χ2v) is 7.28. The van der Waals surface area contributed by atoms with Gasteiger partial charge in [-0.1, -0.05) is 35.9 Å². The fourth-order valence-electron chi connectivity index (χ4n) is 2.75. The van der Waals surface area contributed by atoms with Crippen LogP contribution in [0.2, 0.25) is 5.02 Å². The Morgan fingerprint density at radius 2 is 1.67 bits per heavy atom. The SMILES string of the molecule is O=C(O)c1ccccc1N1CCN([S+]([O-])c2ccccc2Cl)CC1. The smallest absolute Gasteiger partial charge is 0.337 e. The Morgan fingerprint density at radius 3 is 2.33 bits per heavy atom. The lowest BCUT2D eigenvalue weighted by Crippen LogP contribution is -2.49. The highest BCUT2D eigenvalue weighted by molar-refractivity contribution is 7.89. The molecule has 1 aliphatic heterocycles. The largest absolute Gasteiger partial charge is 0.593 e. The average Bonchev–Trinajstić information content (AvgIpc) is 2.62. The molecule has 126 valence electrons. The standard InChI is InChI=1S/C17H17ClN2O3S/c18-14-6-2-4-8-16(14)24(23)20-11-9-19(10-12-20)15-7-3-1-5-13(15)17(21)22/h1-8H,9-12H2,(H,21,22). The molecule has 7 heteroatoms. The summed E-state index contributed by atoms with van der Waals surface area (Å²) in [7, 11) is 0. The van der Waals surface area contributed by atoms with Gasteiger partial charge in [-0.05, 0) is 24.3 Å². The summed E-state index contributed by atoms with van der Waals surface area (Å²) in [6.07, 6.45) is 0. The van der Waals surface area contributed by atoms with Crippen LogP contribution >= 0.6 is 11.6 Å². The molecular formula is C17H17ClN2O3S. The summed E-state index contributed by atoms with van der Waals surface area (Å²) in [6.45, 7) is 2.37. The number of benzene rings is 2. The first-order valence-electron chi connectivity index (χ1n) is 7.56. The summed E-state index contributed by atoms with van der Waals surface area (Å²) in [5, 5.41) is 9.81. The van der Waals surface area contributed by atoms with Gasteiger partial charge < -0.3 is 14.6 Å². The number of carboxylic acids is 1. The first-order chi connectivity index (χ1) is 11.6. The van der Waals surface area contributed by atoms with E-state index in [1.807, 2.05) is 33.5 Å². The maximum absolute atomic E-state index is 12.7. The fourth-order valence-corrected chi connectivity index (χ4v) is 4.29. The van der Waals surface area contributed by atoms with Crippen LogP contribution in [0, 0.1) is 0 Å². The molecule has 0 saturated carbocycles. The van der Waals surface area contributed by atoms with Crippen LogP contribution in [0.1, 0.15) is 10.4 Å². The zero-order valence-electron chi connectivity index (χ0n) is 12.9. The van der Waals surface area contributed by atoms with Crippen molar-refractivity contribution in [3.63, 3.8) is 0 Å². The molecular weight excluding hydrogens is 348 g/mol. The second-order valence-electron chi connectivity index (χ2n) is 5.42. The molecule has 0 spiro atoms. The molecule has 1 N–H and O–H groups in total. The van der Waals surface area contributed by atoms with E-state index >= 15 is 0 Å². The van der Waals surface area contributed by atoms with E-state index in [0.29, 0.717) is 41.8 Å². The molecule has 1 unspecified atom stereocenters. The highest BCUT2D eigenvalue weighted by Gasteiger charge is 2.30. The zero-order chi connectivity index (χ0) is 17.1. The molecule has 0 aromatic heterocycles. The quantitative estimate of drug-likeness (QED) is 0.845. The number of para-hydroxylation sites is 1. The third kappa shape index (κ3) is 3.52. The molecule has 0 aliphatic carbocycles. The Bertz CT molecular complexity index is 735. The molecule has 1 heterocycles. The number of carbonyl (C=O) groups is 1. The number of hydrogen-bond donors (Lipinski definition) is 1. The van der Waals surface area contributed by atoms with Gasteiger partial charge in [0, 0.05) is 13.1 Å². The van der Waals surface area contributed by atoms with Crippen molar-refractivity contribution in [3.8, 4) is 0 Å². The summed E-state index contributed by atoms with van der Waals surface area (Å²) < 4.78 is 14.5. The van der Waals surface area contributed by atoms with Gasteiger partial charge in [-0.3, -0.25) is 0 Å². The highest BCUT2D eigenvalue weighted by atomic mass is 35.5. The van der Waals surface area contributed by atoms with E-state index in [-0.39, 0.29) is 5.56 Å². The van der Waals surface area contributed by atoms with E-state index in [1.165, 1.54) is 0 Å². The van der Waals surface area contributed by atoms with Gasteiger partial charge in [0.25, 0.3) is 0 Å². The number of piperazine rings is 1. The van der Waals surface area contributed by atoms with Crippen LogP contribution in [0.4, 0.5) is 5.69 Å². The van der Waals surface area contributed by atoms with Gasteiger partial charge in [0.15, 0.2) is 4.90 Å². The number of hydrogen-bond acceptors (Lipinski definition) is 4. The summed E-state index contributed by atoms with van der Waals surface area (Å²) >= 11 is 4.81. The molecule has 1 aliphatic rings. The van der Waals surface area contributed by atoms with Gasteiger partial charge in [0.1, 0.15) is 0 Å². The lowest BCUT2D eigenvalue weighted by Gasteiger charge is -2.36. The lowest BCUT2D eigenvalue weighted by atomic mass is 10.1. The Morgan fingerprint density at radius 1 is 1.04 bits per heavy atom. The van der Waals surface area contributed by atoms with Crippen LogP contribution in [-0.4, -0.2) is 46.1 Å². The number of carboxylic acid groups (broad SMARTS) is 1. The summed E-state index contributed by atoms with van der Waals surface area (Å²) in [6, 6.07) is 14.1. The van der Waals surface area contributed by atoms with E-state index in [1.54, 1.807) is 24.3 Å². The van der Waals surface area contributed by atoms with Crippen molar-refractivity contribution in [2.75, 3.05) is 31.1 Å². The first-order valence-corrected chi connectivity index (χ1v) is 9.05. The van der Waals surface area contributed by atoms with Crippen molar-refractivity contribution in [1.82, 2.24) is 4.31 Å². The van der Waals surface area contributed by atoms with Crippen LogP contribution in [0.5, 0.6) is 0 Å². The molecule has 0 radical (unpaired) electrons. The van der Waals surface area contributed by atoms with E-state index in [9.17, 15) is 14.5 Å². The van der Waals surface area contributed by atoms with Gasteiger partial charge >= 0.3 is 5.97 Å². The third-order valence-corrected chi connectivity index (χ3v) is 5.98. The topological polar surface area (TPSA) is 66.8 Å². The van der Waals surface area contributed by atoms with Crippen LogP contribution in [0.3, 0.4) is 0 Å². The van der Waals surface area contributed by atoms with Crippen molar-refractivity contribution in [3.05, 3.63) is 59.1 Å². The van der Waals surface area contributed by atoms with Gasteiger partial charge in [-0.15, -0.1) is 4.31 Å². The molecule has 1 saturated heterocycles. The Hall–Kier alpha value is -1.73. The van der Waals surface area contributed by atoms with Crippen molar-refractivity contribution < 1.29 is 14.5 Å². The van der Waals surface area contributed by atoms with Crippen LogP contribution in [-0.2, 0) is 11.4 Å². The van der Waals surface area contributed by atoms with E-state index < -0.39 is 17.3 Å². The fraction of sp³-hybridized carbons (Fsp3) is 0.235. The van der Waals surface area contributed by atoms with Crippen LogP contribution in [0.25, 0.3) is 0 Å². The highest BCUT2D eigenvalue weighted by Crippen LogP contribution is 2.27. The predicted octanol–water partition coefficient (Wildman–Crippen LogP) is 2.88. The lowest BCUT2D eigenvalue weighted by molar-refractivity contribution is 0.0697. The normalized spacial score (nSPS) is 16.8. The van der Waals surface area contributed by atoms with Gasteiger partial charge in [-0.25, -0.2) is 4.79 Å². The molecule has 3 rings (SSSR count). The van der Waals surface area contributed by atoms with Crippen molar-refractivity contribution in [1.29, 1.82) is 0 Å². The maximum Gasteiger partial charge on any atom is 0.337 e. The number of rotatable bonds is 4. The molecule has 0 amide bonds. The van der Waals surface area contributed by atoms with Crippen LogP contribution in [0.15, 0.2) is 53.4 Å². The van der Waals surface area contributed by atoms with Gasteiger partial charge in [0.05, 0.1) is 40.7 Å². The van der Waals surface area contributed by atoms with E-state index in [2.05, 4.69) is 0 Å². The Balaban J connectivity index is 1.70. The molecule has 24 heavy (non-hydrogen) atoms. The number of aromatic carboxylic acids is 1. The maximum atomic E-state index is 12.7. The first kappa shape index (κ1) is 17.1. The average molecular weight is 365 g/mol. The monoisotopic (exact) mass is 364 g/mol. The molecule has 2 aromatic carbocycles. The molecule has 2 aromatic rings. The minimum absolute atomic E-state index is 0.290. The summed E-state index contributed by atoms with van der Waals surface area (Å²) in [5.74, 6) is -0.937. The molecule has 1 fully saturated rings. The van der Waals surface area contributed by atoms with Crippen molar-refractivity contribution in [2.24, 2.45) is 0 Å². The Labute approximate surface area is 148 Å². The second kappa shape index (κ2) is 7.44. The van der Waals surface area contributed by atoms with Gasteiger partial charge in [0.2, 0.25) is 0 Å². The van der Waals surface area contributed by atoms with E-state index in [4.69, 9.17) is 11.6 Å². The molecule has 0 bridgehead atoms. The molecule has 5 nitrogen and oxygen atoms in total. The predicted molar refractivity (Wildman–Crippen MR) is 95.0 cm³/mol. The minimum Gasteiger partial charge on any atom is -0.593 e. The van der Waals surface area contributed by atoms with Gasteiger partial charge in [-0.2, -0.15) is 0 Å². The number of nitrogens with zero attached hydrogens (tertiary/aromatic N) is 2. The van der Waals surface area contributed by atoms with Crippen molar-refractivity contribution in [2.45, 2.75) is 4.90 Å². The van der Waals surface area contributed by atoms with Crippen molar-refractivity contribution >= 4 is 34.6 Å².